The highest BCUT2D eigenvalue weighted by Gasteiger charge is 2.19. The van der Waals surface area contributed by atoms with Gasteiger partial charge in [0.05, 0.1) is 0 Å². The van der Waals surface area contributed by atoms with Crippen molar-refractivity contribution in [1.82, 2.24) is 15.0 Å². The summed E-state index contributed by atoms with van der Waals surface area (Å²) in [7, 11) is 3.92. The van der Waals surface area contributed by atoms with Crippen LogP contribution in [0.1, 0.15) is 39.0 Å². The molecular weight excluding hydrogens is 258 g/mol. The second-order valence-corrected chi connectivity index (χ2v) is 6.35. The Bertz CT molecular complexity index is 404. The largest absolute Gasteiger partial charge is 0.354 e. The summed E-state index contributed by atoms with van der Waals surface area (Å²) in [5, 5.41) is 4.78. The molecular formula is C13H23N5S. The number of nitrogens with zero attached hydrogens (tertiary/aromatic N) is 4. The van der Waals surface area contributed by atoms with E-state index >= 15 is 0 Å². The minimum atomic E-state index is 0.677. The summed E-state index contributed by atoms with van der Waals surface area (Å²) >= 11 is 1.80. The molecule has 1 saturated carbocycles. The van der Waals surface area contributed by atoms with Crippen molar-refractivity contribution in [1.29, 1.82) is 0 Å². The third-order valence-corrected chi connectivity index (χ3v) is 4.31. The first-order chi connectivity index (χ1) is 9.19. The van der Waals surface area contributed by atoms with Crippen molar-refractivity contribution in [3.8, 4) is 0 Å². The van der Waals surface area contributed by atoms with Gasteiger partial charge in [-0.3, -0.25) is 0 Å². The summed E-state index contributed by atoms with van der Waals surface area (Å²) in [6.07, 6.45) is 6.30. The van der Waals surface area contributed by atoms with E-state index in [1.54, 1.807) is 11.8 Å². The first-order valence-electron chi connectivity index (χ1n) is 7.03. The molecule has 1 aromatic rings. The SMILES string of the molecule is CCCNc1nc(SC2CCCC2)nc(N(C)C)n1. The second-order valence-electron chi connectivity index (χ2n) is 5.09. The highest BCUT2D eigenvalue weighted by atomic mass is 32.2. The summed E-state index contributed by atoms with van der Waals surface area (Å²) in [5.74, 6) is 1.43. The Morgan fingerprint density at radius 3 is 2.58 bits per heavy atom. The molecule has 0 aromatic carbocycles. The van der Waals surface area contributed by atoms with E-state index in [0.29, 0.717) is 11.2 Å². The number of rotatable bonds is 6. The maximum absolute atomic E-state index is 4.53. The van der Waals surface area contributed by atoms with Gasteiger partial charge in [-0.1, -0.05) is 31.5 Å². The van der Waals surface area contributed by atoms with Crippen LogP contribution in [-0.4, -0.2) is 40.8 Å². The predicted molar refractivity (Wildman–Crippen MR) is 81.0 cm³/mol. The van der Waals surface area contributed by atoms with Crippen molar-refractivity contribution >= 4 is 23.7 Å². The molecule has 1 N–H and O–H groups in total. The fourth-order valence-corrected chi connectivity index (χ4v) is 3.21. The quantitative estimate of drug-likeness (QED) is 0.865. The molecule has 0 aliphatic heterocycles. The van der Waals surface area contributed by atoms with Crippen molar-refractivity contribution in [2.75, 3.05) is 30.9 Å². The standard InChI is InChI=1S/C13H23N5S/c1-4-9-14-11-15-12(18(2)3)17-13(16-11)19-10-7-5-6-8-10/h10H,4-9H2,1-3H3,(H,14,15,16,17). The lowest BCUT2D eigenvalue weighted by molar-refractivity contribution is 0.837. The van der Waals surface area contributed by atoms with Gasteiger partial charge < -0.3 is 10.2 Å². The minimum Gasteiger partial charge on any atom is -0.354 e. The first kappa shape index (κ1) is 14.4. The van der Waals surface area contributed by atoms with E-state index in [0.717, 1.165) is 24.1 Å². The number of hydrogen-bond donors (Lipinski definition) is 1. The van der Waals surface area contributed by atoms with Crippen LogP contribution in [0.5, 0.6) is 0 Å². The Hall–Kier alpha value is -1.04. The van der Waals surface area contributed by atoms with Gasteiger partial charge in [0.15, 0.2) is 5.16 Å². The first-order valence-corrected chi connectivity index (χ1v) is 7.91. The molecule has 0 unspecified atom stereocenters. The topological polar surface area (TPSA) is 53.9 Å². The monoisotopic (exact) mass is 281 g/mol. The van der Waals surface area contributed by atoms with E-state index in [9.17, 15) is 0 Å². The van der Waals surface area contributed by atoms with Crippen LogP contribution >= 0.6 is 11.8 Å². The Morgan fingerprint density at radius 1 is 1.21 bits per heavy atom. The lowest BCUT2D eigenvalue weighted by Gasteiger charge is -2.14. The molecule has 0 amide bonds. The molecule has 0 atom stereocenters. The predicted octanol–water partition coefficient (Wildman–Crippen LogP) is 2.79. The zero-order valence-electron chi connectivity index (χ0n) is 12.0. The normalized spacial score (nSPS) is 15.7. The molecule has 1 aromatic heterocycles. The summed E-state index contributed by atoms with van der Waals surface area (Å²) < 4.78 is 0. The van der Waals surface area contributed by atoms with Gasteiger partial charge in [-0.2, -0.15) is 15.0 Å². The smallest absolute Gasteiger partial charge is 0.230 e. The van der Waals surface area contributed by atoms with E-state index in [4.69, 9.17) is 0 Å². The molecule has 19 heavy (non-hydrogen) atoms. The molecule has 0 saturated heterocycles. The zero-order chi connectivity index (χ0) is 13.7. The van der Waals surface area contributed by atoms with Gasteiger partial charge in [0.2, 0.25) is 11.9 Å². The fraction of sp³-hybridized carbons (Fsp3) is 0.769. The number of hydrogen-bond acceptors (Lipinski definition) is 6. The Labute approximate surface area is 119 Å². The maximum Gasteiger partial charge on any atom is 0.230 e. The van der Waals surface area contributed by atoms with Crippen molar-refractivity contribution in [2.24, 2.45) is 0 Å². The van der Waals surface area contributed by atoms with Crippen LogP contribution in [-0.2, 0) is 0 Å². The van der Waals surface area contributed by atoms with Gasteiger partial charge in [0.1, 0.15) is 0 Å². The van der Waals surface area contributed by atoms with Crippen LogP contribution in [0.25, 0.3) is 0 Å². The van der Waals surface area contributed by atoms with Crippen LogP contribution in [0.15, 0.2) is 5.16 Å². The maximum atomic E-state index is 4.53. The van der Waals surface area contributed by atoms with Crippen LogP contribution in [0.4, 0.5) is 11.9 Å². The van der Waals surface area contributed by atoms with Crippen molar-refractivity contribution in [3.05, 3.63) is 0 Å². The molecule has 2 rings (SSSR count). The van der Waals surface area contributed by atoms with Crippen LogP contribution in [0.2, 0.25) is 0 Å². The van der Waals surface area contributed by atoms with E-state index in [-0.39, 0.29) is 0 Å². The number of thioether (sulfide) groups is 1. The summed E-state index contributed by atoms with van der Waals surface area (Å²) in [4.78, 5) is 15.4. The molecule has 5 nitrogen and oxygen atoms in total. The third kappa shape index (κ3) is 4.23. The van der Waals surface area contributed by atoms with Gasteiger partial charge in [-0.05, 0) is 19.3 Å². The number of nitrogens with one attached hydrogen (secondary N) is 1. The van der Waals surface area contributed by atoms with Crippen LogP contribution in [0, 0.1) is 0 Å². The third-order valence-electron chi connectivity index (χ3n) is 3.11. The molecule has 1 aliphatic carbocycles. The van der Waals surface area contributed by atoms with E-state index in [2.05, 4.69) is 27.2 Å². The number of aromatic nitrogens is 3. The average molecular weight is 281 g/mol. The molecule has 6 heteroatoms. The van der Waals surface area contributed by atoms with Gasteiger partial charge in [-0.25, -0.2) is 0 Å². The zero-order valence-corrected chi connectivity index (χ0v) is 12.8. The number of anilines is 2. The summed E-state index contributed by atoms with van der Waals surface area (Å²) in [6, 6.07) is 0. The Kier molecular flexibility index (Phi) is 5.24. The lowest BCUT2D eigenvalue weighted by atomic mass is 10.4. The van der Waals surface area contributed by atoms with Crippen LogP contribution < -0.4 is 10.2 Å². The summed E-state index contributed by atoms with van der Waals surface area (Å²) in [5.41, 5.74) is 0. The van der Waals surface area contributed by atoms with E-state index < -0.39 is 0 Å². The Morgan fingerprint density at radius 2 is 1.95 bits per heavy atom. The van der Waals surface area contributed by atoms with E-state index in [1.807, 2.05) is 19.0 Å². The van der Waals surface area contributed by atoms with Gasteiger partial charge >= 0.3 is 0 Å². The summed E-state index contributed by atoms with van der Waals surface area (Å²) in [6.45, 7) is 3.03. The highest BCUT2D eigenvalue weighted by molar-refractivity contribution is 7.99. The molecule has 0 spiro atoms. The van der Waals surface area contributed by atoms with Crippen LogP contribution in [0.3, 0.4) is 0 Å². The molecule has 0 radical (unpaired) electrons. The van der Waals surface area contributed by atoms with Crippen molar-refractivity contribution < 1.29 is 0 Å². The van der Waals surface area contributed by atoms with Gasteiger partial charge in [0, 0.05) is 25.9 Å². The lowest BCUT2D eigenvalue weighted by Crippen LogP contribution is -2.16. The fourth-order valence-electron chi connectivity index (χ4n) is 2.07. The molecule has 1 aliphatic rings. The molecule has 106 valence electrons. The highest BCUT2D eigenvalue weighted by Crippen LogP contribution is 2.33. The average Bonchev–Trinajstić information content (AvgIpc) is 2.89. The van der Waals surface area contributed by atoms with Crippen molar-refractivity contribution in [2.45, 2.75) is 49.4 Å². The van der Waals surface area contributed by atoms with Crippen molar-refractivity contribution in [3.63, 3.8) is 0 Å². The molecule has 1 fully saturated rings. The van der Waals surface area contributed by atoms with E-state index in [1.165, 1.54) is 25.7 Å². The molecule has 0 bridgehead atoms. The Balaban J connectivity index is 2.12. The minimum absolute atomic E-state index is 0.677. The van der Waals surface area contributed by atoms with Gasteiger partial charge in [0.25, 0.3) is 0 Å². The second kappa shape index (κ2) is 6.93. The van der Waals surface area contributed by atoms with Gasteiger partial charge in [-0.15, -0.1) is 0 Å². The molecule has 1 heterocycles.